The summed E-state index contributed by atoms with van der Waals surface area (Å²) in [4.78, 5) is 15.0. The van der Waals surface area contributed by atoms with E-state index in [1.807, 2.05) is 4.90 Å². The molecule has 1 saturated heterocycles. The molecule has 1 aliphatic heterocycles. The predicted octanol–water partition coefficient (Wildman–Crippen LogP) is 2.68. The minimum Gasteiger partial charge on any atom is -0.338 e. The van der Waals surface area contributed by atoms with Gasteiger partial charge < -0.3 is 10.6 Å². The van der Waals surface area contributed by atoms with Gasteiger partial charge in [-0.2, -0.15) is 0 Å². The van der Waals surface area contributed by atoms with E-state index in [9.17, 15) is 9.18 Å². The first-order valence-corrected chi connectivity index (χ1v) is 7.57. The Balaban J connectivity index is 0.00000200. The number of hydrogen-bond donors (Lipinski definition) is 1. The normalized spacial score (nSPS) is 17.9. The van der Waals surface area contributed by atoms with Gasteiger partial charge in [0.1, 0.15) is 5.82 Å². The number of carbonyl (C=O) groups is 1. The molecule has 0 radical (unpaired) electrons. The van der Waals surface area contributed by atoms with Crippen LogP contribution in [-0.4, -0.2) is 35.7 Å². The molecule has 20 heavy (non-hydrogen) atoms. The number of rotatable bonds is 5. The monoisotopic (exact) mass is 318 g/mol. The molecule has 1 aliphatic rings. The van der Waals surface area contributed by atoms with Gasteiger partial charge in [0.25, 0.3) is 0 Å². The van der Waals surface area contributed by atoms with Crippen LogP contribution in [-0.2, 0) is 4.79 Å². The molecule has 0 saturated carbocycles. The van der Waals surface area contributed by atoms with Gasteiger partial charge in [0, 0.05) is 36.2 Å². The standard InChI is InChI=1S/C14H19FN2OS.ClH/c15-11-3-5-13(6-4-11)19-9-7-14(18)17-8-1-2-12(17)10-16;/h3-6,12H,1-2,7-10,16H2;1H. The molecule has 1 heterocycles. The third kappa shape index (κ3) is 4.65. The van der Waals surface area contributed by atoms with Crippen LogP contribution >= 0.6 is 24.2 Å². The quantitative estimate of drug-likeness (QED) is 0.849. The van der Waals surface area contributed by atoms with Crippen LogP contribution in [0.5, 0.6) is 0 Å². The van der Waals surface area contributed by atoms with Crippen molar-refractivity contribution >= 4 is 30.1 Å². The Labute approximate surface area is 129 Å². The molecule has 1 unspecified atom stereocenters. The SMILES string of the molecule is Cl.NCC1CCCN1C(=O)CCSc1ccc(F)cc1. The van der Waals surface area contributed by atoms with E-state index in [4.69, 9.17) is 5.73 Å². The Morgan fingerprint density at radius 2 is 2.10 bits per heavy atom. The number of carbonyl (C=O) groups excluding carboxylic acids is 1. The average molecular weight is 319 g/mol. The van der Waals surface area contributed by atoms with Crippen LogP contribution in [0.25, 0.3) is 0 Å². The number of thioether (sulfide) groups is 1. The molecule has 112 valence electrons. The summed E-state index contributed by atoms with van der Waals surface area (Å²) in [5, 5.41) is 0. The van der Waals surface area contributed by atoms with Gasteiger partial charge in [0.15, 0.2) is 0 Å². The third-order valence-electron chi connectivity index (χ3n) is 3.37. The summed E-state index contributed by atoms with van der Waals surface area (Å²) in [6, 6.07) is 6.58. The Kier molecular flexibility index (Phi) is 7.34. The molecule has 1 fully saturated rings. The fraction of sp³-hybridized carbons (Fsp3) is 0.500. The predicted molar refractivity (Wildman–Crippen MR) is 82.8 cm³/mol. The van der Waals surface area contributed by atoms with Crippen LogP contribution in [0.15, 0.2) is 29.2 Å². The van der Waals surface area contributed by atoms with Gasteiger partial charge >= 0.3 is 0 Å². The molecule has 1 aromatic rings. The highest BCUT2D eigenvalue weighted by molar-refractivity contribution is 7.99. The summed E-state index contributed by atoms with van der Waals surface area (Å²) in [6.45, 7) is 1.39. The highest BCUT2D eigenvalue weighted by atomic mass is 35.5. The fourth-order valence-electron chi connectivity index (χ4n) is 2.34. The highest BCUT2D eigenvalue weighted by Gasteiger charge is 2.26. The summed E-state index contributed by atoms with van der Waals surface area (Å²) >= 11 is 1.58. The van der Waals surface area contributed by atoms with E-state index < -0.39 is 0 Å². The molecular weight excluding hydrogens is 299 g/mol. The molecule has 2 N–H and O–H groups in total. The second-order valence-electron chi connectivity index (χ2n) is 4.67. The fourth-order valence-corrected chi connectivity index (χ4v) is 3.18. The van der Waals surface area contributed by atoms with Crippen molar-refractivity contribution in [2.75, 3.05) is 18.8 Å². The van der Waals surface area contributed by atoms with E-state index in [0.29, 0.717) is 13.0 Å². The summed E-state index contributed by atoms with van der Waals surface area (Å²) in [6.07, 6.45) is 2.59. The number of nitrogens with zero attached hydrogens (tertiary/aromatic N) is 1. The average Bonchev–Trinajstić information content (AvgIpc) is 2.89. The molecule has 0 aromatic heterocycles. The lowest BCUT2D eigenvalue weighted by Crippen LogP contribution is -2.40. The first kappa shape index (κ1) is 17.3. The zero-order chi connectivity index (χ0) is 13.7. The first-order valence-electron chi connectivity index (χ1n) is 6.58. The van der Waals surface area contributed by atoms with Crippen molar-refractivity contribution < 1.29 is 9.18 Å². The zero-order valence-corrected chi connectivity index (χ0v) is 12.9. The van der Waals surface area contributed by atoms with Crippen molar-refractivity contribution in [2.24, 2.45) is 5.73 Å². The number of likely N-dealkylation sites (tertiary alicyclic amines) is 1. The van der Waals surface area contributed by atoms with Crippen LogP contribution < -0.4 is 5.73 Å². The Bertz CT molecular complexity index is 430. The molecule has 1 aromatic carbocycles. The summed E-state index contributed by atoms with van der Waals surface area (Å²) in [7, 11) is 0. The second kappa shape index (κ2) is 8.49. The van der Waals surface area contributed by atoms with Gasteiger partial charge in [-0.1, -0.05) is 0 Å². The summed E-state index contributed by atoms with van der Waals surface area (Å²) < 4.78 is 12.7. The van der Waals surface area contributed by atoms with Crippen molar-refractivity contribution in [3.05, 3.63) is 30.1 Å². The summed E-state index contributed by atoms with van der Waals surface area (Å²) in [5.74, 6) is 0.670. The number of hydrogen-bond acceptors (Lipinski definition) is 3. The van der Waals surface area contributed by atoms with Gasteiger partial charge in [-0.25, -0.2) is 4.39 Å². The number of amides is 1. The van der Waals surface area contributed by atoms with Gasteiger partial charge in [-0.05, 0) is 37.1 Å². The van der Waals surface area contributed by atoms with Gasteiger partial charge in [0.05, 0.1) is 0 Å². The molecule has 1 atom stereocenters. The molecular formula is C14H20ClFN2OS. The smallest absolute Gasteiger partial charge is 0.223 e. The van der Waals surface area contributed by atoms with Crippen LogP contribution in [0.4, 0.5) is 4.39 Å². The van der Waals surface area contributed by atoms with Crippen molar-refractivity contribution in [1.82, 2.24) is 4.90 Å². The zero-order valence-electron chi connectivity index (χ0n) is 11.3. The molecule has 0 aliphatic carbocycles. The van der Waals surface area contributed by atoms with Crippen molar-refractivity contribution in [1.29, 1.82) is 0 Å². The molecule has 0 bridgehead atoms. The van der Waals surface area contributed by atoms with Crippen LogP contribution in [0.3, 0.4) is 0 Å². The molecule has 0 spiro atoms. The molecule has 1 amide bonds. The maximum Gasteiger partial charge on any atom is 0.223 e. The highest BCUT2D eigenvalue weighted by Crippen LogP contribution is 2.21. The lowest BCUT2D eigenvalue weighted by atomic mass is 10.2. The van der Waals surface area contributed by atoms with E-state index in [0.717, 1.165) is 30.0 Å². The lowest BCUT2D eigenvalue weighted by Gasteiger charge is -2.23. The Hall–Kier alpha value is -0.780. The van der Waals surface area contributed by atoms with E-state index in [2.05, 4.69) is 0 Å². The van der Waals surface area contributed by atoms with Crippen LogP contribution in [0, 0.1) is 5.82 Å². The minimum atomic E-state index is -0.233. The van der Waals surface area contributed by atoms with Gasteiger partial charge in [-0.3, -0.25) is 4.79 Å². The largest absolute Gasteiger partial charge is 0.338 e. The van der Waals surface area contributed by atoms with E-state index >= 15 is 0 Å². The van der Waals surface area contributed by atoms with Gasteiger partial charge in [0.2, 0.25) is 5.91 Å². The molecule has 3 nitrogen and oxygen atoms in total. The second-order valence-corrected chi connectivity index (χ2v) is 5.84. The third-order valence-corrected chi connectivity index (χ3v) is 4.38. The van der Waals surface area contributed by atoms with Gasteiger partial charge in [-0.15, -0.1) is 24.2 Å². The maximum absolute atomic E-state index is 12.7. The Morgan fingerprint density at radius 3 is 2.75 bits per heavy atom. The van der Waals surface area contributed by atoms with Crippen LogP contribution in [0.2, 0.25) is 0 Å². The summed E-state index contributed by atoms with van der Waals surface area (Å²) in [5.41, 5.74) is 5.66. The minimum absolute atomic E-state index is 0. The number of nitrogens with two attached hydrogens (primary N) is 1. The lowest BCUT2D eigenvalue weighted by molar-refractivity contribution is -0.131. The van der Waals surface area contributed by atoms with Crippen molar-refractivity contribution in [3.8, 4) is 0 Å². The maximum atomic E-state index is 12.7. The first-order chi connectivity index (χ1) is 9.20. The van der Waals surface area contributed by atoms with Crippen molar-refractivity contribution in [3.63, 3.8) is 0 Å². The molecule has 2 rings (SSSR count). The topological polar surface area (TPSA) is 46.3 Å². The van der Waals surface area contributed by atoms with E-state index in [1.54, 1.807) is 23.9 Å². The van der Waals surface area contributed by atoms with Crippen molar-refractivity contribution in [2.45, 2.75) is 30.2 Å². The number of halogens is 2. The molecule has 6 heteroatoms. The number of benzene rings is 1. The van der Waals surface area contributed by atoms with E-state index in [1.165, 1.54) is 12.1 Å². The van der Waals surface area contributed by atoms with E-state index in [-0.39, 0.29) is 30.2 Å². The van der Waals surface area contributed by atoms with Crippen LogP contribution in [0.1, 0.15) is 19.3 Å². The Morgan fingerprint density at radius 1 is 1.40 bits per heavy atom.